The number of carbonyl (C=O) groups is 1. The van der Waals surface area contributed by atoms with Crippen molar-refractivity contribution in [3.8, 4) is 5.75 Å². The molecule has 0 bridgehead atoms. The number of carbonyl (C=O) groups excluding carboxylic acids is 1. The Hall–Kier alpha value is -3.87. The third kappa shape index (κ3) is 3.03. The summed E-state index contributed by atoms with van der Waals surface area (Å²) in [5.74, 6) is -0.682. The fourth-order valence-electron chi connectivity index (χ4n) is 3.13. The number of para-hydroxylation sites is 1. The zero-order chi connectivity index (χ0) is 19.8. The molecule has 4 rings (SSSR count). The smallest absolute Gasteiger partial charge is 0.339 e. The van der Waals surface area contributed by atoms with Crippen LogP contribution in [0.25, 0.3) is 21.9 Å². The van der Waals surface area contributed by atoms with Gasteiger partial charge in [-0.2, -0.15) is 0 Å². The fourth-order valence-corrected chi connectivity index (χ4v) is 3.13. The Labute approximate surface area is 157 Å². The highest BCUT2D eigenvalue weighted by molar-refractivity contribution is 6.03. The molecule has 0 aliphatic rings. The molecule has 2 aromatic carbocycles. The van der Waals surface area contributed by atoms with Crippen LogP contribution in [0.15, 0.2) is 62.5 Å². The second-order valence-electron chi connectivity index (χ2n) is 6.35. The summed E-state index contributed by atoms with van der Waals surface area (Å²) in [6, 6.07) is 12.4. The Morgan fingerprint density at radius 1 is 1.11 bits per heavy atom. The first-order chi connectivity index (χ1) is 13.4. The van der Waals surface area contributed by atoms with Gasteiger partial charge in [0.2, 0.25) is 5.56 Å². The second-order valence-corrected chi connectivity index (χ2v) is 6.35. The van der Waals surface area contributed by atoms with E-state index in [2.05, 4.69) is 4.98 Å². The molecule has 28 heavy (non-hydrogen) atoms. The van der Waals surface area contributed by atoms with Gasteiger partial charge < -0.3 is 19.2 Å². The first-order valence-electron chi connectivity index (χ1n) is 8.48. The van der Waals surface area contributed by atoms with Crippen LogP contribution in [0, 0.1) is 6.92 Å². The van der Waals surface area contributed by atoms with Gasteiger partial charge in [-0.3, -0.25) is 4.79 Å². The van der Waals surface area contributed by atoms with E-state index < -0.39 is 17.2 Å². The summed E-state index contributed by atoms with van der Waals surface area (Å²) < 4.78 is 10.6. The van der Waals surface area contributed by atoms with Gasteiger partial charge in [0, 0.05) is 39.5 Å². The number of fused-ring (bicyclic) bond motifs is 2. The molecule has 140 valence electrons. The SMILES string of the molecule is Cc1c(O)ccc2c(COC(=O)c3cc(=O)[nH]c4ccccc34)cc(=O)oc12. The number of benzene rings is 2. The van der Waals surface area contributed by atoms with Crippen molar-refractivity contribution in [3.05, 3.63) is 86.0 Å². The number of hydrogen-bond acceptors (Lipinski definition) is 6. The predicted octanol–water partition coefficient (Wildman–Crippen LogP) is 3.01. The standard InChI is InChI=1S/C21H15NO6/c1-11-17(23)7-6-13-12(8-19(25)28-20(11)13)10-27-21(26)15-9-18(24)22-16-5-3-2-4-14(15)16/h2-9,23H,10H2,1H3,(H,22,24). The number of ether oxygens (including phenoxy) is 1. The van der Waals surface area contributed by atoms with Crippen molar-refractivity contribution >= 4 is 27.8 Å². The number of phenols is 1. The number of aromatic nitrogens is 1. The molecule has 0 fully saturated rings. The Bertz CT molecular complexity index is 1350. The van der Waals surface area contributed by atoms with E-state index in [-0.39, 0.29) is 23.5 Å². The minimum Gasteiger partial charge on any atom is -0.508 e. The summed E-state index contributed by atoms with van der Waals surface area (Å²) in [6.07, 6.45) is 0. The number of H-pyrrole nitrogens is 1. The van der Waals surface area contributed by atoms with Gasteiger partial charge >= 0.3 is 11.6 Å². The van der Waals surface area contributed by atoms with Gasteiger partial charge in [0.05, 0.1) is 5.56 Å². The molecule has 4 aromatic rings. The van der Waals surface area contributed by atoms with Crippen molar-refractivity contribution in [2.75, 3.05) is 0 Å². The number of aromatic hydroxyl groups is 1. The molecule has 2 N–H and O–H groups in total. The molecule has 0 saturated heterocycles. The van der Waals surface area contributed by atoms with Gasteiger partial charge in [0.1, 0.15) is 17.9 Å². The molecule has 0 saturated carbocycles. The van der Waals surface area contributed by atoms with Crippen LogP contribution in [-0.2, 0) is 11.3 Å². The summed E-state index contributed by atoms with van der Waals surface area (Å²) in [7, 11) is 0. The largest absolute Gasteiger partial charge is 0.508 e. The number of hydrogen-bond donors (Lipinski definition) is 2. The van der Waals surface area contributed by atoms with Crippen LogP contribution < -0.4 is 11.2 Å². The Morgan fingerprint density at radius 2 is 1.89 bits per heavy atom. The van der Waals surface area contributed by atoms with E-state index in [4.69, 9.17) is 9.15 Å². The first kappa shape index (κ1) is 17.5. The highest BCUT2D eigenvalue weighted by Crippen LogP contribution is 2.28. The monoisotopic (exact) mass is 377 g/mol. The van der Waals surface area contributed by atoms with Crippen molar-refractivity contribution in [1.29, 1.82) is 0 Å². The van der Waals surface area contributed by atoms with E-state index in [0.29, 0.717) is 27.4 Å². The molecular formula is C21H15NO6. The third-order valence-corrected chi connectivity index (χ3v) is 4.55. The molecule has 0 unspecified atom stereocenters. The maximum Gasteiger partial charge on any atom is 0.339 e. The van der Waals surface area contributed by atoms with Gasteiger partial charge in [-0.1, -0.05) is 18.2 Å². The van der Waals surface area contributed by atoms with Crippen LogP contribution in [0.4, 0.5) is 0 Å². The van der Waals surface area contributed by atoms with E-state index in [1.165, 1.54) is 18.2 Å². The number of esters is 1. The number of aromatic amines is 1. The van der Waals surface area contributed by atoms with Crippen LogP contribution in [-0.4, -0.2) is 16.1 Å². The van der Waals surface area contributed by atoms with E-state index >= 15 is 0 Å². The maximum atomic E-state index is 12.6. The fraction of sp³-hybridized carbons (Fsp3) is 0.0952. The number of phenolic OH excluding ortho intramolecular Hbond substituents is 1. The van der Waals surface area contributed by atoms with Crippen LogP contribution >= 0.6 is 0 Å². The lowest BCUT2D eigenvalue weighted by molar-refractivity contribution is 0.0476. The van der Waals surface area contributed by atoms with Crippen LogP contribution in [0.2, 0.25) is 0 Å². The summed E-state index contributed by atoms with van der Waals surface area (Å²) in [6.45, 7) is 1.44. The average Bonchev–Trinajstić information content (AvgIpc) is 2.68. The van der Waals surface area contributed by atoms with Crippen molar-refractivity contribution in [3.63, 3.8) is 0 Å². The number of pyridine rings is 1. The van der Waals surface area contributed by atoms with E-state index in [9.17, 15) is 19.5 Å². The molecule has 0 atom stereocenters. The molecule has 0 aliphatic carbocycles. The summed E-state index contributed by atoms with van der Waals surface area (Å²) in [5.41, 5.74) is 0.732. The van der Waals surface area contributed by atoms with Gasteiger partial charge in [-0.25, -0.2) is 9.59 Å². The molecular weight excluding hydrogens is 362 g/mol. The minimum absolute atomic E-state index is 0.000208. The zero-order valence-electron chi connectivity index (χ0n) is 14.8. The van der Waals surface area contributed by atoms with Crippen LogP contribution in [0.5, 0.6) is 5.75 Å². The van der Waals surface area contributed by atoms with Gasteiger partial charge in [0.15, 0.2) is 0 Å². The van der Waals surface area contributed by atoms with Crippen molar-refractivity contribution in [1.82, 2.24) is 4.98 Å². The molecule has 2 aromatic heterocycles. The topological polar surface area (TPSA) is 110 Å². The summed E-state index contributed by atoms with van der Waals surface area (Å²) >= 11 is 0. The number of rotatable bonds is 3. The lowest BCUT2D eigenvalue weighted by Gasteiger charge is -2.10. The maximum absolute atomic E-state index is 12.6. The summed E-state index contributed by atoms with van der Waals surface area (Å²) in [4.78, 5) is 39.0. The Kier molecular flexibility index (Phi) is 4.19. The van der Waals surface area contributed by atoms with Gasteiger partial charge in [0.25, 0.3) is 0 Å². The molecule has 2 heterocycles. The average molecular weight is 377 g/mol. The second kappa shape index (κ2) is 6.70. The van der Waals surface area contributed by atoms with Gasteiger partial charge in [-0.05, 0) is 25.1 Å². The number of nitrogens with one attached hydrogen (secondary N) is 1. The minimum atomic E-state index is -0.681. The summed E-state index contributed by atoms with van der Waals surface area (Å²) in [5, 5.41) is 10.9. The van der Waals surface area contributed by atoms with Crippen molar-refractivity contribution < 1.29 is 19.1 Å². The molecule has 0 aliphatic heterocycles. The van der Waals surface area contributed by atoms with Crippen molar-refractivity contribution in [2.45, 2.75) is 13.5 Å². The molecule has 7 nitrogen and oxygen atoms in total. The van der Waals surface area contributed by atoms with Crippen LogP contribution in [0.1, 0.15) is 21.5 Å². The van der Waals surface area contributed by atoms with Crippen LogP contribution in [0.3, 0.4) is 0 Å². The Balaban J connectivity index is 1.71. The predicted molar refractivity (Wildman–Crippen MR) is 103 cm³/mol. The highest BCUT2D eigenvalue weighted by atomic mass is 16.5. The quantitative estimate of drug-likeness (QED) is 0.420. The highest BCUT2D eigenvalue weighted by Gasteiger charge is 2.16. The van der Waals surface area contributed by atoms with Crippen molar-refractivity contribution in [2.24, 2.45) is 0 Å². The van der Waals surface area contributed by atoms with Gasteiger partial charge in [-0.15, -0.1) is 0 Å². The normalized spacial score (nSPS) is 11.0. The number of aryl methyl sites for hydroxylation is 1. The van der Waals surface area contributed by atoms with E-state index in [1.807, 2.05) is 0 Å². The lowest BCUT2D eigenvalue weighted by Crippen LogP contribution is -2.13. The van der Waals surface area contributed by atoms with E-state index in [0.717, 1.165) is 0 Å². The lowest BCUT2D eigenvalue weighted by atomic mass is 10.1. The third-order valence-electron chi connectivity index (χ3n) is 4.55. The molecule has 0 spiro atoms. The zero-order valence-corrected chi connectivity index (χ0v) is 14.8. The molecule has 7 heteroatoms. The first-order valence-corrected chi connectivity index (χ1v) is 8.48. The molecule has 0 radical (unpaired) electrons. The Morgan fingerprint density at radius 3 is 2.71 bits per heavy atom. The molecule has 0 amide bonds. The van der Waals surface area contributed by atoms with E-state index in [1.54, 1.807) is 37.3 Å².